The van der Waals surface area contributed by atoms with Gasteiger partial charge in [-0.1, -0.05) is 23.7 Å². The molecule has 37 heavy (non-hydrogen) atoms. The van der Waals surface area contributed by atoms with E-state index in [0.717, 1.165) is 17.8 Å². The molecule has 0 saturated carbocycles. The summed E-state index contributed by atoms with van der Waals surface area (Å²) in [7, 11) is 2.02. The number of nitrogens with one attached hydrogen (secondary N) is 2. The Morgan fingerprint density at radius 2 is 1.81 bits per heavy atom. The van der Waals surface area contributed by atoms with Crippen molar-refractivity contribution in [3.63, 3.8) is 0 Å². The number of nitrogens with zero attached hydrogens (tertiary/aromatic N) is 3. The summed E-state index contributed by atoms with van der Waals surface area (Å²) in [6, 6.07) is 12.9. The quantitative estimate of drug-likeness (QED) is 0.299. The molecule has 200 valence electrons. The normalized spacial score (nSPS) is 12.1. The van der Waals surface area contributed by atoms with E-state index in [9.17, 15) is 18.0 Å². The number of halogens is 4. The van der Waals surface area contributed by atoms with Gasteiger partial charge >= 0.3 is 12.4 Å². The van der Waals surface area contributed by atoms with Crippen LogP contribution in [0.2, 0.25) is 5.02 Å². The van der Waals surface area contributed by atoms with E-state index in [4.69, 9.17) is 11.6 Å². The highest BCUT2D eigenvalue weighted by molar-refractivity contribution is 7.07. The lowest BCUT2D eigenvalue weighted by molar-refractivity contribution is -0.274. The fourth-order valence-electron chi connectivity index (χ4n) is 3.55. The summed E-state index contributed by atoms with van der Waals surface area (Å²) in [5, 5.41) is 8.23. The van der Waals surface area contributed by atoms with Gasteiger partial charge in [0.05, 0.1) is 5.69 Å². The summed E-state index contributed by atoms with van der Waals surface area (Å²) in [6.07, 6.45) is -4.07. The van der Waals surface area contributed by atoms with Crippen LogP contribution in [0.1, 0.15) is 24.6 Å². The number of benzene rings is 2. The van der Waals surface area contributed by atoms with Crippen molar-refractivity contribution in [2.45, 2.75) is 39.3 Å². The highest BCUT2D eigenvalue weighted by Crippen LogP contribution is 2.25. The van der Waals surface area contributed by atoms with Gasteiger partial charge in [-0.15, -0.1) is 24.5 Å². The monoisotopic (exact) mass is 555 g/mol. The molecule has 0 radical (unpaired) electrons. The van der Waals surface area contributed by atoms with Crippen LogP contribution in [-0.4, -0.2) is 42.0 Å². The summed E-state index contributed by atoms with van der Waals surface area (Å²) in [6.45, 7) is 4.86. The largest absolute Gasteiger partial charge is 0.573 e. The number of rotatable bonds is 11. The summed E-state index contributed by atoms with van der Waals surface area (Å²) in [4.78, 5) is 19.2. The van der Waals surface area contributed by atoms with Crippen LogP contribution in [-0.2, 0) is 19.6 Å². The maximum atomic E-state index is 12.5. The van der Waals surface area contributed by atoms with Gasteiger partial charge in [0.1, 0.15) is 5.75 Å². The molecular weight excluding hydrogens is 527 g/mol. The van der Waals surface area contributed by atoms with Crippen molar-refractivity contribution in [3.8, 4) is 5.75 Å². The third-order valence-electron chi connectivity index (χ3n) is 5.15. The van der Waals surface area contributed by atoms with Crippen molar-refractivity contribution in [1.29, 1.82) is 0 Å². The zero-order valence-corrected chi connectivity index (χ0v) is 22.1. The summed E-state index contributed by atoms with van der Waals surface area (Å²) in [5.41, 5.74) is 2.67. The number of hydrogen-bond acceptors (Lipinski definition) is 5. The van der Waals surface area contributed by atoms with Crippen molar-refractivity contribution in [1.82, 2.24) is 20.1 Å². The number of carbonyl (C=O) groups excluding carboxylic acids is 1. The fraction of sp³-hybridized carbons (Fsp3) is 0.360. The second kappa shape index (κ2) is 13.5. The Morgan fingerprint density at radius 3 is 2.46 bits per heavy atom. The van der Waals surface area contributed by atoms with Crippen LogP contribution in [0.15, 0.2) is 58.9 Å². The van der Waals surface area contributed by atoms with Gasteiger partial charge in [-0.05, 0) is 62.4 Å². The molecule has 7 nitrogen and oxygen atoms in total. The Hall–Kier alpha value is -3.02. The van der Waals surface area contributed by atoms with Crippen molar-refractivity contribution in [3.05, 3.63) is 75.0 Å². The molecule has 0 aliphatic heterocycles. The Balaban J connectivity index is 1.77. The maximum Gasteiger partial charge on any atom is 0.573 e. The average Bonchev–Trinajstić information content (AvgIpc) is 3.19. The van der Waals surface area contributed by atoms with E-state index in [-0.39, 0.29) is 11.8 Å². The third kappa shape index (κ3) is 9.75. The van der Waals surface area contributed by atoms with E-state index >= 15 is 0 Å². The Morgan fingerprint density at radius 1 is 1.11 bits per heavy atom. The maximum absolute atomic E-state index is 12.5. The second-order valence-corrected chi connectivity index (χ2v) is 9.53. The number of aromatic nitrogens is 1. The van der Waals surface area contributed by atoms with Crippen molar-refractivity contribution in [2.75, 3.05) is 20.1 Å². The summed E-state index contributed by atoms with van der Waals surface area (Å²) >= 11 is 7.44. The molecular formula is C25H29ClF3N5O2S. The predicted octanol–water partition coefficient (Wildman–Crippen LogP) is 5.68. The Bertz CT molecular complexity index is 1210. The number of urea groups is 1. The van der Waals surface area contributed by atoms with Gasteiger partial charge in [0.15, 0.2) is 4.80 Å². The van der Waals surface area contributed by atoms with Crippen LogP contribution in [0.25, 0.3) is 0 Å². The molecule has 3 aromatic rings. The van der Waals surface area contributed by atoms with Gasteiger partial charge in [0, 0.05) is 48.8 Å². The van der Waals surface area contributed by atoms with E-state index in [1.165, 1.54) is 35.6 Å². The number of hydrogen-bond donors (Lipinski definition) is 2. The summed E-state index contributed by atoms with van der Waals surface area (Å²) in [5.74, 6) is -0.300. The van der Waals surface area contributed by atoms with Crippen molar-refractivity contribution >= 4 is 34.7 Å². The predicted molar refractivity (Wildman–Crippen MR) is 139 cm³/mol. The van der Waals surface area contributed by atoms with Crippen LogP contribution in [0.3, 0.4) is 0 Å². The first-order chi connectivity index (χ1) is 17.6. The number of amides is 2. The summed E-state index contributed by atoms with van der Waals surface area (Å²) < 4.78 is 43.4. The second-order valence-electron chi connectivity index (χ2n) is 8.25. The molecule has 0 spiro atoms. The van der Waals surface area contributed by atoms with Gasteiger partial charge in [-0.25, -0.2) is 9.79 Å². The van der Waals surface area contributed by atoms with Gasteiger partial charge in [0.25, 0.3) is 0 Å². The minimum absolute atomic E-state index is 0.216. The lowest BCUT2D eigenvalue weighted by Crippen LogP contribution is -2.36. The number of thiazole rings is 1. The first kappa shape index (κ1) is 28.5. The van der Waals surface area contributed by atoms with E-state index < -0.39 is 6.36 Å². The van der Waals surface area contributed by atoms with Crippen molar-refractivity contribution in [2.24, 2.45) is 4.99 Å². The number of alkyl halides is 3. The standard InChI is InChI=1S/C25H29ClF3N5O2S/c1-3-30-23(35)31-13-4-14-34-21(16-33(2)15-18-5-7-19(26)8-6-18)17-37-24(34)32-20-9-11-22(12-10-20)36-25(27,28)29/h5-12,17H,3-4,13-16H2,1-2H3,(H2,30,31,35)/b32-24-. The van der Waals surface area contributed by atoms with Crippen LogP contribution < -0.4 is 20.2 Å². The molecule has 1 heterocycles. The van der Waals surface area contributed by atoms with Crippen LogP contribution in [0.5, 0.6) is 5.75 Å². The SMILES string of the molecule is CCNC(=O)NCCCn1c(CN(C)Cc2ccc(Cl)cc2)cs/c1=N\c1ccc(OC(F)(F)F)cc1. The lowest BCUT2D eigenvalue weighted by Gasteiger charge is -2.18. The van der Waals surface area contributed by atoms with E-state index in [1.807, 2.05) is 43.6 Å². The minimum atomic E-state index is -4.75. The molecule has 2 N–H and O–H groups in total. The van der Waals surface area contributed by atoms with Crippen molar-refractivity contribution < 1.29 is 22.7 Å². The lowest BCUT2D eigenvalue weighted by atomic mass is 10.2. The smallest absolute Gasteiger partial charge is 0.406 e. The highest BCUT2D eigenvalue weighted by Gasteiger charge is 2.30. The van der Waals surface area contributed by atoms with Crippen LogP contribution >= 0.6 is 22.9 Å². The van der Waals surface area contributed by atoms with Gasteiger partial charge < -0.3 is 19.9 Å². The first-order valence-electron chi connectivity index (χ1n) is 11.7. The molecule has 2 amide bonds. The molecule has 0 atom stereocenters. The third-order valence-corrected chi connectivity index (χ3v) is 6.32. The molecule has 0 saturated heterocycles. The molecule has 0 aliphatic rings. The average molecular weight is 556 g/mol. The fourth-order valence-corrected chi connectivity index (χ4v) is 4.61. The first-order valence-corrected chi connectivity index (χ1v) is 12.9. The number of carbonyl (C=O) groups is 1. The Kier molecular flexibility index (Phi) is 10.4. The highest BCUT2D eigenvalue weighted by atomic mass is 35.5. The van der Waals surface area contributed by atoms with Gasteiger partial charge in [-0.3, -0.25) is 4.90 Å². The van der Waals surface area contributed by atoms with Gasteiger partial charge in [-0.2, -0.15) is 0 Å². The van der Waals surface area contributed by atoms with Crippen LogP contribution in [0, 0.1) is 0 Å². The van der Waals surface area contributed by atoms with E-state index in [0.29, 0.717) is 48.1 Å². The Labute approximate surface area is 222 Å². The molecule has 0 fully saturated rings. The van der Waals surface area contributed by atoms with Gasteiger partial charge in [0.2, 0.25) is 0 Å². The molecule has 1 aromatic heterocycles. The molecule has 0 aliphatic carbocycles. The zero-order chi connectivity index (χ0) is 26.8. The molecule has 0 unspecified atom stereocenters. The zero-order valence-electron chi connectivity index (χ0n) is 20.5. The topological polar surface area (TPSA) is 70.9 Å². The molecule has 12 heteroatoms. The molecule has 0 bridgehead atoms. The minimum Gasteiger partial charge on any atom is -0.406 e. The van der Waals surface area contributed by atoms with E-state index in [2.05, 4.69) is 29.8 Å². The van der Waals surface area contributed by atoms with E-state index in [1.54, 1.807) is 0 Å². The number of ether oxygens (including phenoxy) is 1. The molecule has 3 rings (SSSR count). The molecule has 2 aromatic carbocycles. The van der Waals surface area contributed by atoms with Crippen LogP contribution in [0.4, 0.5) is 23.7 Å².